The average molecular weight is 460 g/mol. The number of ether oxygens (including phenoxy) is 3. The van der Waals surface area contributed by atoms with Gasteiger partial charge in [-0.15, -0.1) is 0 Å². The molecule has 6 aliphatic rings. The quantitative estimate of drug-likeness (QED) is 0.578. The molecule has 3 heterocycles. The van der Waals surface area contributed by atoms with Crippen LogP contribution in [-0.2, 0) is 23.8 Å². The van der Waals surface area contributed by atoms with E-state index in [1.807, 2.05) is 0 Å². The summed E-state index contributed by atoms with van der Waals surface area (Å²) in [7, 11) is 1.52. The topological polar surface area (TPSA) is 65.1 Å². The van der Waals surface area contributed by atoms with Crippen LogP contribution in [0.4, 0.5) is 0 Å². The number of carbonyl (C=O) groups excluding carboxylic acids is 2. The summed E-state index contributed by atoms with van der Waals surface area (Å²) in [5.41, 5.74) is -0.146. The fourth-order valence-electron chi connectivity index (χ4n) is 10.7. The molecule has 0 aromatic carbocycles. The second-order valence-electron chi connectivity index (χ2n) is 13.4. The number of hydrogen-bond acceptors (Lipinski definition) is 6. The monoisotopic (exact) mass is 459 g/mol. The lowest BCUT2D eigenvalue weighted by molar-refractivity contribution is -0.267. The van der Waals surface area contributed by atoms with Crippen LogP contribution in [0.2, 0.25) is 0 Å². The number of hydrogen-bond donors (Lipinski definition) is 0. The zero-order valence-electron chi connectivity index (χ0n) is 21.2. The van der Waals surface area contributed by atoms with Crippen molar-refractivity contribution in [2.45, 2.75) is 104 Å². The van der Waals surface area contributed by atoms with Crippen molar-refractivity contribution in [1.82, 2.24) is 4.90 Å². The van der Waals surface area contributed by atoms with E-state index in [1.165, 1.54) is 26.4 Å². The van der Waals surface area contributed by atoms with E-state index in [9.17, 15) is 9.59 Å². The van der Waals surface area contributed by atoms with Crippen LogP contribution in [-0.4, -0.2) is 54.5 Å². The van der Waals surface area contributed by atoms with E-state index in [4.69, 9.17) is 14.2 Å². The smallest absolute Gasteiger partial charge is 0.309 e. The van der Waals surface area contributed by atoms with E-state index in [0.717, 1.165) is 32.2 Å². The van der Waals surface area contributed by atoms with Gasteiger partial charge in [-0.05, 0) is 68.1 Å². The lowest BCUT2D eigenvalue weighted by Gasteiger charge is -2.68. The van der Waals surface area contributed by atoms with Crippen molar-refractivity contribution in [2.75, 3.05) is 13.7 Å². The normalized spacial score (nSPS) is 53.7. The molecule has 10 atom stereocenters. The van der Waals surface area contributed by atoms with Crippen molar-refractivity contribution < 1.29 is 23.8 Å². The number of esters is 2. The van der Waals surface area contributed by atoms with Crippen LogP contribution in [0, 0.1) is 39.9 Å². The lowest BCUT2D eigenvalue weighted by atomic mass is 9.37. The molecular weight excluding hydrogens is 418 g/mol. The Balaban J connectivity index is 1.56. The Morgan fingerprint density at radius 3 is 2.48 bits per heavy atom. The number of nitrogens with zero attached hydrogens (tertiary/aromatic N) is 1. The van der Waals surface area contributed by atoms with Crippen molar-refractivity contribution >= 4 is 11.9 Å². The van der Waals surface area contributed by atoms with Gasteiger partial charge in [-0.3, -0.25) is 14.5 Å². The Kier molecular flexibility index (Phi) is 4.57. The molecule has 0 radical (unpaired) electrons. The van der Waals surface area contributed by atoms with Gasteiger partial charge in [-0.25, -0.2) is 0 Å². The SMILES string of the molecule is COC(=O)[C@@H]1CC[C@@H]2[C@@]3(C)CCCC(C)(C)[C@@H]3C[C@@H](OC(C)=O)[C@@]23[C@@H]1[C@H]1C[C@]2(C)CN1[C@H]3O2. The summed E-state index contributed by atoms with van der Waals surface area (Å²) in [5.74, 6) is 0.533. The molecule has 6 heteroatoms. The van der Waals surface area contributed by atoms with Gasteiger partial charge in [0.15, 0.2) is 0 Å². The second-order valence-corrected chi connectivity index (χ2v) is 13.4. The first kappa shape index (κ1) is 22.3. The maximum Gasteiger partial charge on any atom is 0.309 e. The third-order valence-corrected chi connectivity index (χ3v) is 11.4. The van der Waals surface area contributed by atoms with Crippen LogP contribution < -0.4 is 0 Å². The Labute approximate surface area is 198 Å². The third-order valence-electron chi connectivity index (χ3n) is 11.4. The summed E-state index contributed by atoms with van der Waals surface area (Å²) >= 11 is 0. The molecule has 6 nitrogen and oxygen atoms in total. The maximum absolute atomic E-state index is 13.2. The van der Waals surface area contributed by atoms with Crippen molar-refractivity contribution in [2.24, 2.45) is 39.9 Å². The van der Waals surface area contributed by atoms with E-state index in [0.29, 0.717) is 17.9 Å². The van der Waals surface area contributed by atoms with Gasteiger partial charge in [0.25, 0.3) is 0 Å². The zero-order valence-corrected chi connectivity index (χ0v) is 21.2. The minimum Gasteiger partial charge on any atom is -0.469 e. The lowest BCUT2D eigenvalue weighted by Crippen LogP contribution is -2.69. The Hall–Kier alpha value is -1.14. The van der Waals surface area contributed by atoms with Crippen LogP contribution in [0.15, 0.2) is 0 Å². The summed E-state index contributed by atoms with van der Waals surface area (Å²) in [6.45, 7) is 12.0. The predicted molar refractivity (Wildman–Crippen MR) is 122 cm³/mol. The summed E-state index contributed by atoms with van der Waals surface area (Å²) in [6, 6.07) is 0.301. The number of fused-ring (bicyclic) bond motifs is 4. The Bertz CT molecular complexity index is 888. The van der Waals surface area contributed by atoms with Crippen LogP contribution in [0.25, 0.3) is 0 Å². The standard InChI is InChI=1S/C27H41NO5/c1-15(29)32-20-12-19-24(2,3)10-7-11-26(19,5)18-9-8-16(22(30)31-6)21-17-13-25(4)14-28(17)23(33-25)27(18,20)21/h16-21,23H,7-14H2,1-6H3/t16-,17-,18-,19+,20-,21+,23+,25-,26-,27-/m1/s1. The molecule has 0 unspecified atom stereocenters. The number of carbonyl (C=O) groups is 2. The molecule has 1 spiro atoms. The van der Waals surface area contributed by atoms with E-state index in [1.54, 1.807) is 6.92 Å². The van der Waals surface area contributed by atoms with E-state index in [2.05, 4.69) is 32.6 Å². The van der Waals surface area contributed by atoms with Crippen LogP contribution in [0.3, 0.4) is 0 Å². The number of rotatable bonds is 2. The van der Waals surface area contributed by atoms with Gasteiger partial charge >= 0.3 is 11.9 Å². The highest BCUT2D eigenvalue weighted by Crippen LogP contribution is 2.76. The molecule has 0 N–H and O–H groups in total. The molecule has 6 fully saturated rings. The van der Waals surface area contributed by atoms with E-state index < -0.39 is 0 Å². The average Bonchev–Trinajstić information content (AvgIpc) is 3.30. The van der Waals surface area contributed by atoms with E-state index in [-0.39, 0.29) is 58.0 Å². The summed E-state index contributed by atoms with van der Waals surface area (Å²) in [5, 5.41) is 0. The molecule has 3 saturated carbocycles. The highest BCUT2D eigenvalue weighted by atomic mass is 16.6. The highest BCUT2D eigenvalue weighted by molar-refractivity contribution is 5.73. The second kappa shape index (κ2) is 6.75. The summed E-state index contributed by atoms with van der Waals surface area (Å²) in [6.07, 6.45) is 7.07. The van der Waals surface area contributed by atoms with Crippen molar-refractivity contribution in [3.05, 3.63) is 0 Å². The fourth-order valence-corrected chi connectivity index (χ4v) is 10.7. The molecule has 0 aromatic heterocycles. The maximum atomic E-state index is 13.2. The largest absolute Gasteiger partial charge is 0.469 e. The van der Waals surface area contributed by atoms with Crippen LogP contribution >= 0.6 is 0 Å². The Morgan fingerprint density at radius 2 is 1.82 bits per heavy atom. The molecule has 6 rings (SSSR count). The first-order chi connectivity index (χ1) is 15.5. The molecule has 2 bridgehead atoms. The molecule has 184 valence electrons. The van der Waals surface area contributed by atoms with Crippen LogP contribution in [0.5, 0.6) is 0 Å². The first-order valence-corrected chi connectivity index (χ1v) is 13.2. The minimum atomic E-state index is -0.347. The summed E-state index contributed by atoms with van der Waals surface area (Å²) < 4.78 is 18.6. The predicted octanol–water partition coefficient (Wildman–Crippen LogP) is 4.16. The molecule has 33 heavy (non-hydrogen) atoms. The molecule has 3 aliphatic carbocycles. The third kappa shape index (κ3) is 2.63. The zero-order chi connectivity index (χ0) is 23.6. The van der Waals surface area contributed by atoms with Gasteiger partial charge in [0.2, 0.25) is 0 Å². The van der Waals surface area contributed by atoms with Crippen molar-refractivity contribution in [3.63, 3.8) is 0 Å². The van der Waals surface area contributed by atoms with E-state index >= 15 is 0 Å². The molecule has 3 aliphatic heterocycles. The Morgan fingerprint density at radius 1 is 1.06 bits per heavy atom. The molecule has 0 aromatic rings. The van der Waals surface area contributed by atoms with Crippen molar-refractivity contribution in [1.29, 1.82) is 0 Å². The van der Waals surface area contributed by atoms with Crippen molar-refractivity contribution in [3.8, 4) is 0 Å². The minimum absolute atomic E-state index is 0.0733. The van der Waals surface area contributed by atoms with Gasteiger partial charge in [-0.2, -0.15) is 0 Å². The summed E-state index contributed by atoms with van der Waals surface area (Å²) in [4.78, 5) is 28.2. The molecule has 3 saturated heterocycles. The number of methoxy groups -OCH3 is 1. The van der Waals surface area contributed by atoms with Gasteiger partial charge in [-0.1, -0.05) is 27.2 Å². The highest BCUT2D eigenvalue weighted by Gasteiger charge is 2.81. The van der Waals surface area contributed by atoms with Crippen LogP contribution in [0.1, 0.15) is 79.6 Å². The van der Waals surface area contributed by atoms with Gasteiger partial charge in [0.05, 0.1) is 24.0 Å². The fraction of sp³-hybridized carbons (Fsp3) is 0.926. The van der Waals surface area contributed by atoms with Gasteiger partial charge in [0, 0.05) is 25.4 Å². The van der Waals surface area contributed by atoms with Gasteiger partial charge < -0.3 is 14.2 Å². The first-order valence-electron chi connectivity index (χ1n) is 13.2. The molecular formula is C27H41NO5. The molecule has 0 amide bonds. The van der Waals surface area contributed by atoms with Gasteiger partial charge in [0.1, 0.15) is 12.3 Å².